The zero-order chi connectivity index (χ0) is 15.0. The van der Waals surface area contributed by atoms with E-state index in [2.05, 4.69) is 72.9 Å². The number of hydrogen-bond donors (Lipinski definition) is 0. The van der Waals surface area contributed by atoms with Gasteiger partial charge in [0, 0.05) is 11.8 Å². The van der Waals surface area contributed by atoms with E-state index in [0.717, 1.165) is 6.42 Å². The molecule has 0 aliphatic heterocycles. The molecule has 1 aromatic rings. The number of fused-ring (bicyclic) bond motifs is 2. The molecule has 0 heteroatoms. The topological polar surface area (TPSA) is 0 Å². The minimum atomic E-state index is 0.417. The van der Waals surface area contributed by atoms with Crippen LogP contribution in [0.15, 0.2) is 89.6 Å². The molecule has 2 unspecified atom stereocenters. The Balaban J connectivity index is 1.87. The third kappa shape index (κ3) is 1.37. The van der Waals surface area contributed by atoms with Gasteiger partial charge in [-0.15, -0.1) is 0 Å². The minimum absolute atomic E-state index is 0.417. The summed E-state index contributed by atoms with van der Waals surface area (Å²) in [4.78, 5) is 0. The van der Waals surface area contributed by atoms with E-state index in [1.165, 1.54) is 32.7 Å². The molecule has 0 aromatic heterocycles. The van der Waals surface area contributed by atoms with E-state index in [4.69, 9.17) is 0 Å². The van der Waals surface area contributed by atoms with E-state index in [1.807, 2.05) is 0 Å². The van der Waals surface area contributed by atoms with Gasteiger partial charge in [-0.2, -0.15) is 0 Å². The van der Waals surface area contributed by atoms with Crippen molar-refractivity contribution in [2.75, 3.05) is 0 Å². The SMILES string of the molecule is C1=CC2=CC=C3C4=c5c(cccc5=C5C=CC=CC35)CC(=C1)C24. The largest absolute Gasteiger partial charge is 0.0726 e. The summed E-state index contributed by atoms with van der Waals surface area (Å²) in [5.41, 5.74) is 9.06. The van der Waals surface area contributed by atoms with E-state index >= 15 is 0 Å². The average Bonchev–Trinajstić information content (AvgIpc) is 2.62. The number of allylic oxidation sites excluding steroid dienone is 12. The molecule has 108 valence electrons. The van der Waals surface area contributed by atoms with Gasteiger partial charge in [-0.25, -0.2) is 0 Å². The molecular weight excluding hydrogens is 276 g/mol. The van der Waals surface area contributed by atoms with Gasteiger partial charge in [0.05, 0.1) is 0 Å². The summed E-state index contributed by atoms with van der Waals surface area (Å²) in [5, 5.41) is 2.98. The molecule has 0 saturated carbocycles. The molecule has 0 nitrogen and oxygen atoms in total. The highest BCUT2D eigenvalue weighted by Crippen LogP contribution is 2.47. The smallest absolute Gasteiger partial charge is 0.0314 e. The summed E-state index contributed by atoms with van der Waals surface area (Å²) in [6, 6.07) is 6.87. The van der Waals surface area contributed by atoms with E-state index in [9.17, 15) is 0 Å². The first-order valence-electron chi connectivity index (χ1n) is 8.42. The normalized spacial score (nSPS) is 27.9. The van der Waals surface area contributed by atoms with Gasteiger partial charge in [0.2, 0.25) is 0 Å². The maximum absolute atomic E-state index is 2.37. The predicted molar refractivity (Wildman–Crippen MR) is 94.9 cm³/mol. The van der Waals surface area contributed by atoms with Crippen molar-refractivity contribution in [2.45, 2.75) is 6.42 Å². The van der Waals surface area contributed by atoms with Crippen molar-refractivity contribution >= 4 is 11.1 Å². The lowest BCUT2D eigenvalue weighted by molar-refractivity contribution is 0.804. The molecule has 2 atom stereocenters. The lowest BCUT2D eigenvalue weighted by atomic mass is 9.64. The Labute approximate surface area is 135 Å². The molecule has 5 aliphatic carbocycles. The Morgan fingerprint density at radius 2 is 1.91 bits per heavy atom. The van der Waals surface area contributed by atoms with Gasteiger partial charge in [0.1, 0.15) is 0 Å². The summed E-state index contributed by atoms with van der Waals surface area (Å²) in [6.07, 6.45) is 21.7. The molecule has 0 fully saturated rings. The van der Waals surface area contributed by atoms with Crippen LogP contribution in [0.3, 0.4) is 0 Å². The average molecular weight is 292 g/mol. The predicted octanol–water partition coefficient (Wildman–Crippen LogP) is 3.28. The molecule has 0 saturated heterocycles. The molecule has 0 N–H and O–H groups in total. The molecule has 0 amide bonds. The van der Waals surface area contributed by atoms with Crippen LogP contribution in [0, 0.1) is 11.8 Å². The third-order valence-electron chi connectivity index (χ3n) is 5.84. The Morgan fingerprint density at radius 3 is 2.91 bits per heavy atom. The molecule has 0 heterocycles. The highest BCUT2D eigenvalue weighted by Gasteiger charge is 2.37. The lowest BCUT2D eigenvalue weighted by Gasteiger charge is -2.39. The highest BCUT2D eigenvalue weighted by molar-refractivity contribution is 5.87. The van der Waals surface area contributed by atoms with E-state index < -0.39 is 0 Å². The van der Waals surface area contributed by atoms with Gasteiger partial charge in [0.25, 0.3) is 0 Å². The number of rotatable bonds is 0. The van der Waals surface area contributed by atoms with Crippen LogP contribution in [-0.4, -0.2) is 0 Å². The van der Waals surface area contributed by atoms with Crippen molar-refractivity contribution in [1.29, 1.82) is 0 Å². The molecule has 1 aromatic carbocycles. The second-order valence-corrected chi connectivity index (χ2v) is 6.93. The number of benzene rings is 1. The maximum atomic E-state index is 2.37. The third-order valence-corrected chi connectivity index (χ3v) is 5.84. The van der Waals surface area contributed by atoms with Gasteiger partial charge in [-0.1, -0.05) is 78.5 Å². The van der Waals surface area contributed by atoms with Crippen LogP contribution >= 0.6 is 0 Å². The summed E-state index contributed by atoms with van der Waals surface area (Å²) >= 11 is 0. The lowest BCUT2D eigenvalue weighted by Crippen LogP contribution is -2.44. The van der Waals surface area contributed by atoms with E-state index in [1.54, 1.807) is 11.1 Å². The van der Waals surface area contributed by atoms with Crippen molar-refractivity contribution < 1.29 is 0 Å². The zero-order valence-corrected chi connectivity index (χ0v) is 12.8. The fourth-order valence-corrected chi connectivity index (χ4v) is 4.95. The Hall–Kier alpha value is -2.60. The van der Waals surface area contributed by atoms with Crippen molar-refractivity contribution in [2.24, 2.45) is 11.8 Å². The molecule has 0 bridgehead atoms. The fraction of sp³-hybridized carbons (Fsp3) is 0.130. The van der Waals surface area contributed by atoms with Crippen molar-refractivity contribution in [3.05, 3.63) is 106 Å². The summed E-state index contributed by atoms with van der Waals surface area (Å²) < 4.78 is 0. The maximum Gasteiger partial charge on any atom is 0.0314 e. The molecule has 0 radical (unpaired) electrons. The van der Waals surface area contributed by atoms with Crippen LogP contribution in [0.1, 0.15) is 5.56 Å². The van der Waals surface area contributed by atoms with Crippen molar-refractivity contribution in [3.63, 3.8) is 0 Å². The van der Waals surface area contributed by atoms with Gasteiger partial charge in [-0.3, -0.25) is 0 Å². The Morgan fingerprint density at radius 1 is 0.913 bits per heavy atom. The fourth-order valence-electron chi connectivity index (χ4n) is 4.95. The Bertz CT molecular complexity index is 1080. The highest BCUT2D eigenvalue weighted by atomic mass is 14.4. The zero-order valence-electron chi connectivity index (χ0n) is 12.8. The quantitative estimate of drug-likeness (QED) is 0.688. The monoisotopic (exact) mass is 292 g/mol. The van der Waals surface area contributed by atoms with Gasteiger partial charge in [-0.05, 0) is 44.7 Å². The number of hydrogen-bond acceptors (Lipinski definition) is 0. The van der Waals surface area contributed by atoms with Crippen molar-refractivity contribution in [1.82, 2.24) is 0 Å². The summed E-state index contributed by atoms with van der Waals surface area (Å²) in [6.45, 7) is 0. The van der Waals surface area contributed by atoms with Gasteiger partial charge in [0.15, 0.2) is 0 Å². The first-order valence-corrected chi connectivity index (χ1v) is 8.42. The van der Waals surface area contributed by atoms with Crippen LogP contribution in [0.25, 0.3) is 11.1 Å². The van der Waals surface area contributed by atoms with Gasteiger partial charge >= 0.3 is 0 Å². The van der Waals surface area contributed by atoms with E-state index in [-0.39, 0.29) is 0 Å². The molecular formula is C23H16. The van der Waals surface area contributed by atoms with Crippen LogP contribution in [0.5, 0.6) is 0 Å². The van der Waals surface area contributed by atoms with Crippen LogP contribution in [0.2, 0.25) is 0 Å². The van der Waals surface area contributed by atoms with Crippen LogP contribution < -0.4 is 10.4 Å². The Kier molecular flexibility index (Phi) is 2.08. The summed E-state index contributed by atoms with van der Waals surface area (Å²) in [5.74, 6) is 0.898. The standard InChI is InChI=1S/C23H16/c1-2-9-18-17(8-1)19-10-4-7-16-13-15-6-3-5-14-11-12-20(18)23(21(14)15)22(16)19/h1-12,18,21H,13H2. The van der Waals surface area contributed by atoms with Crippen LogP contribution in [-0.2, 0) is 6.42 Å². The minimum Gasteiger partial charge on any atom is -0.0726 e. The first kappa shape index (κ1) is 11.9. The molecule has 0 spiro atoms. The van der Waals surface area contributed by atoms with Crippen molar-refractivity contribution in [3.8, 4) is 0 Å². The second-order valence-electron chi connectivity index (χ2n) is 6.93. The summed E-state index contributed by atoms with van der Waals surface area (Å²) in [7, 11) is 0. The second kappa shape index (κ2) is 4.02. The molecule has 6 rings (SSSR count). The van der Waals surface area contributed by atoms with E-state index in [0.29, 0.717) is 11.8 Å². The van der Waals surface area contributed by atoms with Gasteiger partial charge < -0.3 is 0 Å². The molecule has 5 aliphatic rings. The van der Waals surface area contributed by atoms with Crippen LogP contribution in [0.4, 0.5) is 0 Å². The first-order chi connectivity index (χ1) is 11.4. The molecule has 23 heavy (non-hydrogen) atoms.